The zero-order valence-corrected chi connectivity index (χ0v) is 21.2. The maximum atomic E-state index is 13.6. The summed E-state index contributed by atoms with van der Waals surface area (Å²) in [6.45, 7) is 1.01. The first-order valence-electron chi connectivity index (χ1n) is 13.6. The molecule has 0 saturated carbocycles. The van der Waals surface area contributed by atoms with E-state index >= 15 is 0 Å². The van der Waals surface area contributed by atoms with Crippen LogP contribution in [0.4, 0.5) is 14.6 Å². The third-order valence-electron chi connectivity index (χ3n) is 8.38. The van der Waals surface area contributed by atoms with E-state index in [-0.39, 0.29) is 23.1 Å². The molecule has 2 bridgehead atoms. The lowest BCUT2D eigenvalue weighted by molar-refractivity contribution is 0.129. The number of hydrogen-bond donors (Lipinski definition) is 2. The monoisotopic (exact) mass is 514 g/mol. The summed E-state index contributed by atoms with van der Waals surface area (Å²) in [6.07, 6.45) is 6.42. The summed E-state index contributed by atoms with van der Waals surface area (Å²) in [5.41, 5.74) is 1.95. The fraction of sp³-hybridized carbons (Fsp3) is 0.355. The van der Waals surface area contributed by atoms with Gasteiger partial charge in [0, 0.05) is 29.4 Å². The summed E-state index contributed by atoms with van der Waals surface area (Å²) in [5.74, 6) is 0.363. The first-order valence-corrected chi connectivity index (χ1v) is 13.6. The molecule has 0 amide bonds. The minimum atomic E-state index is -0.246. The Hall–Kier alpha value is -3.58. The first kappa shape index (κ1) is 24.7. The molecule has 0 radical (unpaired) electrons. The van der Waals surface area contributed by atoms with Crippen LogP contribution in [0.15, 0.2) is 77.6 Å². The van der Waals surface area contributed by atoms with Crippen LogP contribution < -0.4 is 10.9 Å². The van der Waals surface area contributed by atoms with E-state index < -0.39 is 0 Å². The van der Waals surface area contributed by atoms with Crippen LogP contribution in [0.5, 0.6) is 0 Å². The second-order valence-corrected chi connectivity index (χ2v) is 10.7. The van der Waals surface area contributed by atoms with Gasteiger partial charge in [-0.15, -0.1) is 0 Å². The van der Waals surface area contributed by atoms with Gasteiger partial charge in [-0.3, -0.25) is 9.69 Å². The van der Waals surface area contributed by atoms with Gasteiger partial charge in [-0.05, 0) is 86.5 Å². The average molecular weight is 515 g/mol. The van der Waals surface area contributed by atoms with Gasteiger partial charge in [0.15, 0.2) is 5.82 Å². The second kappa shape index (κ2) is 10.7. The van der Waals surface area contributed by atoms with E-state index in [1.165, 1.54) is 37.1 Å². The van der Waals surface area contributed by atoms with Crippen LogP contribution in [-0.2, 0) is 0 Å². The van der Waals surface area contributed by atoms with Gasteiger partial charge in [0.2, 0.25) is 0 Å². The highest BCUT2D eigenvalue weighted by Crippen LogP contribution is 2.38. The molecule has 2 aliphatic rings. The van der Waals surface area contributed by atoms with E-state index in [9.17, 15) is 13.6 Å². The van der Waals surface area contributed by atoms with Crippen molar-refractivity contribution in [3.63, 3.8) is 0 Å². The Kier molecular flexibility index (Phi) is 6.94. The second-order valence-electron chi connectivity index (χ2n) is 10.7. The van der Waals surface area contributed by atoms with Crippen molar-refractivity contribution in [1.82, 2.24) is 15.1 Å². The zero-order chi connectivity index (χ0) is 26.1. The van der Waals surface area contributed by atoms with Crippen LogP contribution in [0.25, 0.3) is 10.8 Å². The molecule has 2 fully saturated rings. The Morgan fingerprint density at radius 1 is 0.868 bits per heavy atom. The SMILES string of the molecule is O=c1[nH]nc(NC2C[C@H]3CC[C@@H](C2)N3CCCC(c2ccc(F)cc2)c2ccc(F)cc2)c2ccccc12. The zero-order valence-electron chi connectivity index (χ0n) is 21.2. The Morgan fingerprint density at radius 2 is 1.45 bits per heavy atom. The highest BCUT2D eigenvalue weighted by Gasteiger charge is 2.40. The van der Waals surface area contributed by atoms with Gasteiger partial charge >= 0.3 is 0 Å². The van der Waals surface area contributed by atoms with Gasteiger partial charge < -0.3 is 5.32 Å². The smallest absolute Gasteiger partial charge is 0.272 e. The highest BCUT2D eigenvalue weighted by molar-refractivity contribution is 5.90. The van der Waals surface area contributed by atoms with Crippen molar-refractivity contribution in [2.75, 3.05) is 11.9 Å². The Balaban J connectivity index is 1.11. The molecule has 1 unspecified atom stereocenters. The number of fused-ring (bicyclic) bond motifs is 3. The third-order valence-corrected chi connectivity index (χ3v) is 8.38. The lowest BCUT2D eigenvalue weighted by atomic mass is 9.87. The molecule has 3 atom stereocenters. The maximum Gasteiger partial charge on any atom is 0.272 e. The minimum Gasteiger partial charge on any atom is -0.365 e. The molecule has 2 saturated heterocycles. The van der Waals surface area contributed by atoms with Gasteiger partial charge in [-0.25, -0.2) is 13.9 Å². The summed E-state index contributed by atoms with van der Waals surface area (Å²) >= 11 is 0. The maximum absolute atomic E-state index is 13.6. The summed E-state index contributed by atoms with van der Waals surface area (Å²) in [6, 6.07) is 22.4. The van der Waals surface area contributed by atoms with E-state index in [2.05, 4.69) is 20.4 Å². The number of H-pyrrole nitrogens is 1. The molecule has 7 heteroatoms. The van der Waals surface area contributed by atoms with Gasteiger partial charge in [0.25, 0.3) is 5.56 Å². The van der Waals surface area contributed by atoms with Crippen molar-refractivity contribution < 1.29 is 8.78 Å². The summed E-state index contributed by atoms with van der Waals surface area (Å²) in [5, 5.41) is 12.1. The molecule has 0 aliphatic carbocycles. The molecule has 38 heavy (non-hydrogen) atoms. The number of nitrogens with zero attached hydrogens (tertiary/aromatic N) is 2. The molecule has 196 valence electrons. The van der Waals surface area contributed by atoms with E-state index in [4.69, 9.17) is 0 Å². The standard InChI is InChI=1S/C31H32F2N4O/c32-22-11-7-20(8-12-22)27(21-9-13-23(33)14-10-21)6-3-17-37-25-15-16-26(37)19-24(18-25)34-30-28-4-1-2-5-29(28)31(38)36-35-30/h1-2,4-5,7-14,24-27H,3,6,15-19H2,(H,34,35)(H,36,38)/t24?,25-,26+. The van der Waals surface area contributed by atoms with E-state index in [1.807, 2.05) is 48.5 Å². The topological polar surface area (TPSA) is 61.0 Å². The number of rotatable bonds is 8. The minimum absolute atomic E-state index is 0.104. The third kappa shape index (κ3) is 5.07. The number of aromatic nitrogens is 2. The lowest BCUT2D eigenvalue weighted by Crippen LogP contribution is -2.47. The molecular weight excluding hydrogens is 482 g/mol. The number of aromatic amines is 1. The molecule has 6 rings (SSSR count). The average Bonchev–Trinajstić information content (AvgIpc) is 3.17. The van der Waals surface area contributed by atoms with Crippen LogP contribution in [0.3, 0.4) is 0 Å². The molecule has 3 heterocycles. The molecule has 1 aromatic heterocycles. The van der Waals surface area contributed by atoms with Gasteiger partial charge in [0.1, 0.15) is 11.6 Å². The van der Waals surface area contributed by atoms with Crippen molar-refractivity contribution in [1.29, 1.82) is 0 Å². The summed E-state index contributed by atoms with van der Waals surface area (Å²) in [7, 11) is 0. The first-order chi connectivity index (χ1) is 18.5. The molecular formula is C31H32F2N4O. The molecule has 0 spiro atoms. The number of nitrogens with one attached hydrogen (secondary N) is 2. The molecule has 3 aromatic carbocycles. The Labute approximate surface area is 220 Å². The van der Waals surface area contributed by atoms with Crippen LogP contribution in [-0.4, -0.2) is 39.8 Å². The van der Waals surface area contributed by atoms with E-state index in [0.29, 0.717) is 23.5 Å². The van der Waals surface area contributed by atoms with E-state index in [1.54, 1.807) is 0 Å². The van der Waals surface area contributed by atoms with Crippen molar-refractivity contribution in [3.05, 3.63) is 106 Å². The largest absolute Gasteiger partial charge is 0.365 e. The predicted molar refractivity (Wildman–Crippen MR) is 146 cm³/mol. The van der Waals surface area contributed by atoms with Gasteiger partial charge in [-0.1, -0.05) is 42.5 Å². The number of piperidine rings is 1. The van der Waals surface area contributed by atoms with Crippen LogP contribution >= 0.6 is 0 Å². The predicted octanol–water partition coefficient (Wildman–Crippen LogP) is 6.22. The van der Waals surface area contributed by atoms with Gasteiger partial charge in [0.05, 0.1) is 5.39 Å². The molecule has 2 N–H and O–H groups in total. The van der Waals surface area contributed by atoms with Crippen LogP contribution in [0.2, 0.25) is 0 Å². The number of hydrogen-bond acceptors (Lipinski definition) is 4. The Bertz CT molecular complexity index is 1390. The van der Waals surface area contributed by atoms with Crippen LogP contribution in [0.1, 0.15) is 55.6 Å². The fourth-order valence-corrected chi connectivity index (χ4v) is 6.57. The number of benzene rings is 3. The molecule has 2 aliphatic heterocycles. The quantitative estimate of drug-likeness (QED) is 0.293. The number of anilines is 1. The lowest BCUT2D eigenvalue weighted by Gasteiger charge is -2.39. The summed E-state index contributed by atoms with van der Waals surface area (Å²) in [4.78, 5) is 14.8. The van der Waals surface area contributed by atoms with Crippen molar-refractivity contribution >= 4 is 16.6 Å². The fourth-order valence-electron chi connectivity index (χ4n) is 6.57. The normalized spacial score (nSPS) is 21.3. The number of halogens is 2. The summed E-state index contributed by atoms with van der Waals surface area (Å²) < 4.78 is 27.2. The Morgan fingerprint density at radius 3 is 2.05 bits per heavy atom. The van der Waals surface area contributed by atoms with Crippen molar-refractivity contribution in [3.8, 4) is 0 Å². The van der Waals surface area contributed by atoms with Crippen molar-refractivity contribution in [2.24, 2.45) is 0 Å². The molecule has 5 nitrogen and oxygen atoms in total. The van der Waals surface area contributed by atoms with Crippen LogP contribution in [0, 0.1) is 11.6 Å². The van der Waals surface area contributed by atoms with Crippen molar-refractivity contribution in [2.45, 2.75) is 62.6 Å². The van der Waals surface area contributed by atoms with E-state index in [0.717, 1.165) is 54.6 Å². The highest BCUT2D eigenvalue weighted by atomic mass is 19.1. The van der Waals surface area contributed by atoms with Gasteiger partial charge in [-0.2, -0.15) is 5.10 Å². The molecule has 4 aromatic rings.